The summed E-state index contributed by atoms with van der Waals surface area (Å²) in [7, 11) is 0. The fourth-order valence-corrected chi connectivity index (χ4v) is 3.44. The predicted molar refractivity (Wildman–Crippen MR) is 90.0 cm³/mol. The van der Waals surface area contributed by atoms with Crippen LogP contribution >= 0.6 is 11.6 Å². The average Bonchev–Trinajstić information content (AvgIpc) is 2.44. The van der Waals surface area contributed by atoms with Gasteiger partial charge in [-0.2, -0.15) is 0 Å². The quantitative estimate of drug-likeness (QED) is 0.750. The van der Waals surface area contributed by atoms with Gasteiger partial charge in [0.25, 0.3) is 0 Å². The zero-order chi connectivity index (χ0) is 15.2. The van der Waals surface area contributed by atoms with Gasteiger partial charge in [-0.25, -0.2) is 9.97 Å². The van der Waals surface area contributed by atoms with Crippen LogP contribution in [0.2, 0.25) is 5.15 Å². The van der Waals surface area contributed by atoms with Gasteiger partial charge in [-0.15, -0.1) is 0 Å². The normalized spacial score (nSPS) is 22.3. The minimum absolute atomic E-state index is 0.585. The molecule has 1 fully saturated rings. The monoisotopic (exact) mass is 309 g/mol. The second kappa shape index (κ2) is 7.98. The Hall–Kier alpha value is -0.830. The van der Waals surface area contributed by atoms with Crippen LogP contribution in [0.3, 0.4) is 0 Å². The third kappa shape index (κ3) is 4.84. The summed E-state index contributed by atoms with van der Waals surface area (Å²) in [4.78, 5) is 8.96. The molecule has 4 heteroatoms. The van der Waals surface area contributed by atoms with E-state index in [1.54, 1.807) is 0 Å². The van der Waals surface area contributed by atoms with Crippen molar-refractivity contribution >= 4 is 17.4 Å². The Labute approximate surface area is 133 Å². The van der Waals surface area contributed by atoms with Crippen LogP contribution in [0.4, 0.5) is 5.82 Å². The predicted octanol–water partition coefficient (Wildman–Crippen LogP) is 5.02. The van der Waals surface area contributed by atoms with Gasteiger partial charge in [-0.1, -0.05) is 44.7 Å². The van der Waals surface area contributed by atoms with Crippen molar-refractivity contribution in [2.75, 3.05) is 11.9 Å². The first-order chi connectivity index (χ1) is 10.1. The Balaban J connectivity index is 1.90. The van der Waals surface area contributed by atoms with Gasteiger partial charge in [0.05, 0.1) is 0 Å². The summed E-state index contributed by atoms with van der Waals surface area (Å²) in [5, 5.41) is 4.06. The van der Waals surface area contributed by atoms with E-state index in [0.717, 1.165) is 48.4 Å². The van der Waals surface area contributed by atoms with Crippen molar-refractivity contribution in [1.29, 1.82) is 0 Å². The van der Waals surface area contributed by atoms with Gasteiger partial charge >= 0.3 is 0 Å². The highest BCUT2D eigenvalue weighted by Crippen LogP contribution is 2.30. The fourth-order valence-electron chi connectivity index (χ4n) is 3.26. The Bertz CT molecular complexity index is 462. The largest absolute Gasteiger partial charge is 0.370 e. The molecule has 0 saturated heterocycles. The van der Waals surface area contributed by atoms with Crippen molar-refractivity contribution in [3.05, 3.63) is 16.5 Å². The first kappa shape index (κ1) is 16.5. The van der Waals surface area contributed by atoms with Crippen molar-refractivity contribution in [3.63, 3.8) is 0 Å². The van der Waals surface area contributed by atoms with Crippen LogP contribution in [0.5, 0.6) is 0 Å². The van der Waals surface area contributed by atoms with Crippen molar-refractivity contribution in [1.82, 2.24) is 9.97 Å². The highest BCUT2D eigenvalue weighted by atomic mass is 35.5. The second-order valence-electron chi connectivity index (χ2n) is 6.51. The summed E-state index contributed by atoms with van der Waals surface area (Å²) in [6, 6.07) is 0. The number of aromatic nitrogens is 2. The summed E-state index contributed by atoms with van der Waals surface area (Å²) in [6.07, 6.45) is 8.72. The number of hydrogen-bond acceptors (Lipinski definition) is 3. The maximum Gasteiger partial charge on any atom is 0.137 e. The third-order valence-corrected chi connectivity index (χ3v) is 4.86. The molecule has 0 aliphatic heterocycles. The molecule has 0 bridgehead atoms. The van der Waals surface area contributed by atoms with Gasteiger partial charge in [-0.3, -0.25) is 0 Å². The highest BCUT2D eigenvalue weighted by Gasteiger charge is 2.18. The van der Waals surface area contributed by atoms with Crippen LogP contribution in [0, 0.1) is 18.8 Å². The van der Waals surface area contributed by atoms with Gasteiger partial charge in [0.15, 0.2) is 0 Å². The van der Waals surface area contributed by atoms with Crippen LogP contribution in [0.25, 0.3) is 0 Å². The lowest BCUT2D eigenvalue weighted by Crippen LogP contribution is -2.17. The lowest BCUT2D eigenvalue weighted by Gasteiger charge is -2.26. The van der Waals surface area contributed by atoms with E-state index >= 15 is 0 Å². The Morgan fingerprint density at radius 2 is 2.10 bits per heavy atom. The molecule has 0 aromatic carbocycles. The first-order valence-corrected chi connectivity index (χ1v) is 8.74. The number of halogens is 1. The van der Waals surface area contributed by atoms with Gasteiger partial charge in [0.2, 0.25) is 0 Å². The average molecular weight is 310 g/mol. The molecular weight excluding hydrogens is 282 g/mol. The zero-order valence-electron chi connectivity index (χ0n) is 13.6. The molecule has 2 unspecified atom stereocenters. The van der Waals surface area contributed by atoms with Crippen LogP contribution < -0.4 is 5.32 Å². The molecule has 1 N–H and O–H groups in total. The first-order valence-electron chi connectivity index (χ1n) is 8.37. The molecule has 0 radical (unpaired) electrons. The van der Waals surface area contributed by atoms with E-state index in [1.165, 1.54) is 32.1 Å². The molecule has 3 nitrogen and oxygen atoms in total. The molecule has 21 heavy (non-hydrogen) atoms. The van der Waals surface area contributed by atoms with Crippen LogP contribution in [-0.4, -0.2) is 16.5 Å². The maximum absolute atomic E-state index is 6.21. The van der Waals surface area contributed by atoms with Crippen molar-refractivity contribution in [2.45, 2.75) is 65.7 Å². The summed E-state index contributed by atoms with van der Waals surface area (Å²) in [5.74, 6) is 3.54. The zero-order valence-corrected chi connectivity index (χ0v) is 14.3. The SMILES string of the molecule is CCCc1nc(Cl)c(C)c(NCCC2CCCC(C)C2)n1. The van der Waals surface area contributed by atoms with Gasteiger partial charge in [0, 0.05) is 18.5 Å². The maximum atomic E-state index is 6.21. The van der Waals surface area contributed by atoms with E-state index < -0.39 is 0 Å². The molecule has 118 valence electrons. The van der Waals surface area contributed by atoms with Crippen molar-refractivity contribution < 1.29 is 0 Å². The van der Waals surface area contributed by atoms with Gasteiger partial charge in [-0.05, 0) is 38.0 Å². The number of aryl methyl sites for hydroxylation is 1. The van der Waals surface area contributed by atoms with E-state index in [4.69, 9.17) is 11.6 Å². The molecular formula is C17H28ClN3. The summed E-state index contributed by atoms with van der Waals surface area (Å²) in [6.45, 7) is 7.49. The Kier molecular flexibility index (Phi) is 6.28. The lowest BCUT2D eigenvalue weighted by molar-refractivity contribution is 0.274. The molecule has 1 aromatic rings. The van der Waals surface area contributed by atoms with Gasteiger partial charge < -0.3 is 5.32 Å². The van der Waals surface area contributed by atoms with Crippen LogP contribution in [-0.2, 0) is 6.42 Å². The van der Waals surface area contributed by atoms with E-state index in [0.29, 0.717) is 5.15 Å². The molecule has 1 saturated carbocycles. The fraction of sp³-hybridized carbons (Fsp3) is 0.765. The molecule has 1 aromatic heterocycles. The summed E-state index contributed by atoms with van der Waals surface area (Å²) in [5.41, 5.74) is 0.966. The Morgan fingerprint density at radius 1 is 1.29 bits per heavy atom. The standard InChI is InChI=1S/C17H28ClN3/c1-4-6-15-20-16(18)13(3)17(21-15)19-10-9-14-8-5-7-12(2)11-14/h12,14H,4-11H2,1-3H3,(H,19,20,21). The van der Waals surface area contributed by atoms with Crippen LogP contribution in [0.1, 0.15) is 63.8 Å². The topological polar surface area (TPSA) is 37.8 Å². The minimum Gasteiger partial charge on any atom is -0.370 e. The van der Waals surface area contributed by atoms with Crippen LogP contribution in [0.15, 0.2) is 0 Å². The molecule has 2 atom stereocenters. The highest BCUT2D eigenvalue weighted by molar-refractivity contribution is 6.30. The van der Waals surface area contributed by atoms with Gasteiger partial charge in [0.1, 0.15) is 16.8 Å². The minimum atomic E-state index is 0.585. The molecule has 0 amide bonds. The number of nitrogens with one attached hydrogen (secondary N) is 1. The number of hydrogen-bond donors (Lipinski definition) is 1. The summed E-state index contributed by atoms with van der Waals surface area (Å²) < 4.78 is 0. The lowest BCUT2D eigenvalue weighted by atomic mass is 9.81. The molecule has 1 aliphatic rings. The molecule has 1 heterocycles. The molecule has 1 aliphatic carbocycles. The van der Waals surface area contributed by atoms with E-state index in [1.807, 2.05) is 6.92 Å². The number of rotatable bonds is 6. The van der Waals surface area contributed by atoms with Crippen molar-refractivity contribution in [2.24, 2.45) is 11.8 Å². The van der Waals surface area contributed by atoms with E-state index in [9.17, 15) is 0 Å². The molecule has 0 spiro atoms. The van der Waals surface area contributed by atoms with E-state index in [-0.39, 0.29) is 0 Å². The summed E-state index contributed by atoms with van der Waals surface area (Å²) >= 11 is 6.21. The number of anilines is 1. The number of nitrogens with zero attached hydrogens (tertiary/aromatic N) is 2. The van der Waals surface area contributed by atoms with E-state index in [2.05, 4.69) is 29.1 Å². The molecule has 2 rings (SSSR count). The second-order valence-corrected chi connectivity index (χ2v) is 6.87. The van der Waals surface area contributed by atoms with Crippen molar-refractivity contribution in [3.8, 4) is 0 Å². The Morgan fingerprint density at radius 3 is 2.81 bits per heavy atom. The smallest absolute Gasteiger partial charge is 0.137 e. The third-order valence-electron chi connectivity index (χ3n) is 4.50.